The van der Waals surface area contributed by atoms with E-state index in [2.05, 4.69) is 17.1 Å². The zero-order valence-electron chi connectivity index (χ0n) is 12.6. The maximum absolute atomic E-state index is 13.0. The second kappa shape index (κ2) is 3.94. The minimum atomic E-state index is -0.296. The van der Waals surface area contributed by atoms with E-state index in [0.29, 0.717) is 0 Å². The number of fused-ring (bicyclic) bond motifs is 5. The van der Waals surface area contributed by atoms with Gasteiger partial charge < -0.3 is 4.98 Å². The molecule has 1 N–H and O–H groups in total. The summed E-state index contributed by atoms with van der Waals surface area (Å²) in [7, 11) is 0. The fourth-order valence-electron chi connectivity index (χ4n) is 3.44. The lowest BCUT2D eigenvalue weighted by molar-refractivity contribution is 0.0811. The molecule has 0 saturated carbocycles. The van der Waals surface area contributed by atoms with Gasteiger partial charge in [0, 0.05) is 27.3 Å². The van der Waals surface area contributed by atoms with Gasteiger partial charge in [0.2, 0.25) is 0 Å². The van der Waals surface area contributed by atoms with Crippen LogP contribution in [0, 0.1) is 12.3 Å². The molecule has 1 aromatic carbocycles. The average Bonchev–Trinajstić information content (AvgIpc) is 2.84. The molecule has 0 fully saturated rings. The summed E-state index contributed by atoms with van der Waals surface area (Å²) in [6, 6.07) is 8.18. The van der Waals surface area contributed by atoms with Crippen molar-refractivity contribution in [2.75, 3.05) is 0 Å². The number of nitrogens with zero attached hydrogens (tertiary/aromatic N) is 1. The van der Waals surface area contributed by atoms with E-state index >= 15 is 0 Å². The predicted octanol–water partition coefficient (Wildman–Crippen LogP) is 4.18. The Morgan fingerprint density at radius 1 is 1.24 bits per heavy atom. The van der Waals surface area contributed by atoms with Gasteiger partial charge in [0.05, 0.1) is 16.9 Å². The quantitative estimate of drug-likeness (QED) is 0.670. The van der Waals surface area contributed by atoms with Gasteiger partial charge in [-0.2, -0.15) is 0 Å². The molecule has 0 bridgehead atoms. The zero-order valence-corrected chi connectivity index (χ0v) is 12.6. The van der Waals surface area contributed by atoms with E-state index in [1.54, 1.807) is 0 Å². The van der Waals surface area contributed by atoms with Gasteiger partial charge in [-0.05, 0) is 25.8 Å². The molecule has 3 heteroatoms. The molecule has 1 aliphatic carbocycles. The fourth-order valence-corrected chi connectivity index (χ4v) is 3.44. The number of nitrogens with one attached hydrogen (secondary N) is 1. The number of hydrogen-bond acceptors (Lipinski definition) is 2. The maximum atomic E-state index is 13.0. The largest absolute Gasteiger partial charge is 0.353 e. The molecule has 1 aliphatic rings. The number of aryl methyl sites for hydroxylation is 2. The molecular formula is C18H18N2O. The molecular weight excluding hydrogens is 260 g/mol. The number of aromatic amines is 1. The smallest absolute Gasteiger partial charge is 0.170 e. The number of carbonyl (C=O) groups is 1. The highest BCUT2D eigenvalue weighted by atomic mass is 16.1. The summed E-state index contributed by atoms with van der Waals surface area (Å²) >= 11 is 0. The molecule has 0 unspecified atom stereocenters. The van der Waals surface area contributed by atoms with E-state index in [9.17, 15) is 4.79 Å². The number of aromatic nitrogens is 2. The molecule has 2 heterocycles. The first-order chi connectivity index (χ1) is 9.99. The number of H-pyrrole nitrogens is 1. The van der Waals surface area contributed by atoms with Crippen LogP contribution >= 0.6 is 0 Å². The Morgan fingerprint density at radius 2 is 2.00 bits per heavy atom. The van der Waals surface area contributed by atoms with Crippen LogP contribution in [0.3, 0.4) is 0 Å². The maximum Gasteiger partial charge on any atom is 0.170 e. The number of hydrogen-bond donors (Lipinski definition) is 1. The van der Waals surface area contributed by atoms with E-state index in [4.69, 9.17) is 4.98 Å². The van der Waals surface area contributed by atoms with Crippen molar-refractivity contribution in [1.29, 1.82) is 0 Å². The molecule has 0 radical (unpaired) electrons. The van der Waals surface area contributed by atoms with Crippen molar-refractivity contribution >= 4 is 27.6 Å². The minimum absolute atomic E-state index is 0.228. The van der Waals surface area contributed by atoms with Gasteiger partial charge in [0.25, 0.3) is 0 Å². The number of ketones is 1. The third kappa shape index (κ3) is 1.60. The highest BCUT2D eigenvalue weighted by Gasteiger charge is 2.37. The van der Waals surface area contributed by atoms with Gasteiger partial charge in [-0.25, -0.2) is 0 Å². The van der Waals surface area contributed by atoms with Gasteiger partial charge in [-0.1, -0.05) is 32.0 Å². The molecule has 0 amide bonds. The van der Waals surface area contributed by atoms with Crippen molar-refractivity contribution < 1.29 is 4.79 Å². The zero-order chi connectivity index (χ0) is 14.8. The molecule has 106 valence electrons. The van der Waals surface area contributed by atoms with Gasteiger partial charge in [0.15, 0.2) is 5.78 Å². The van der Waals surface area contributed by atoms with Crippen molar-refractivity contribution in [3.8, 4) is 0 Å². The summed E-state index contributed by atoms with van der Waals surface area (Å²) < 4.78 is 0. The van der Waals surface area contributed by atoms with Crippen molar-refractivity contribution in [1.82, 2.24) is 9.97 Å². The summed E-state index contributed by atoms with van der Waals surface area (Å²) in [6.45, 7) is 6.10. The molecule has 0 saturated heterocycles. The molecule has 2 aromatic heterocycles. The molecule has 0 aliphatic heterocycles. The first-order valence-electron chi connectivity index (χ1n) is 7.44. The summed E-state index contributed by atoms with van der Waals surface area (Å²) in [6.07, 6.45) is 1.75. The Labute approximate surface area is 123 Å². The monoisotopic (exact) mass is 278 g/mol. The van der Waals surface area contributed by atoms with Gasteiger partial charge >= 0.3 is 0 Å². The van der Waals surface area contributed by atoms with Gasteiger partial charge in [-0.3, -0.25) is 9.78 Å². The first-order valence-corrected chi connectivity index (χ1v) is 7.44. The average molecular weight is 278 g/mol. The minimum Gasteiger partial charge on any atom is -0.353 e. The van der Waals surface area contributed by atoms with Crippen LogP contribution in [0.4, 0.5) is 0 Å². The third-order valence-corrected chi connectivity index (χ3v) is 4.74. The fraction of sp³-hybridized carbons (Fsp3) is 0.333. The second-order valence-electron chi connectivity index (χ2n) is 6.65. The van der Waals surface area contributed by atoms with Crippen LogP contribution in [-0.2, 0) is 6.42 Å². The SMILES string of the molecule is Cc1nc2c(c3c1[nH]c1ccccc13)C(=O)C(C)(C)CC2. The van der Waals surface area contributed by atoms with E-state index in [-0.39, 0.29) is 11.2 Å². The Morgan fingerprint density at radius 3 is 2.81 bits per heavy atom. The summed E-state index contributed by atoms with van der Waals surface area (Å²) in [5.41, 5.74) is 4.56. The van der Waals surface area contributed by atoms with E-state index < -0.39 is 0 Å². The van der Waals surface area contributed by atoms with E-state index in [1.165, 1.54) is 0 Å². The second-order valence-corrected chi connectivity index (χ2v) is 6.65. The Hall–Kier alpha value is -2.16. The van der Waals surface area contributed by atoms with E-state index in [1.807, 2.05) is 32.9 Å². The van der Waals surface area contributed by atoms with Crippen LogP contribution in [0.25, 0.3) is 21.8 Å². The molecule has 3 aromatic rings. The Balaban J connectivity index is 2.22. The number of benzene rings is 1. The first kappa shape index (κ1) is 12.6. The van der Waals surface area contributed by atoms with Crippen molar-refractivity contribution in [2.45, 2.75) is 33.6 Å². The van der Waals surface area contributed by atoms with Crippen molar-refractivity contribution in [3.05, 3.63) is 41.2 Å². The van der Waals surface area contributed by atoms with Gasteiger partial charge in [-0.15, -0.1) is 0 Å². The normalized spacial score (nSPS) is 17.4. The predicted molar refractivity (Wildman–Crippen MR) is 84.8 cm³/mol. The molecule has 4 rings (SSSR count). The third-order valence-electron chi connectivity index (χ3n) is 4.74. The standard InChI is InChI=1S/C18H18N2O/c1-10-16-14(11-6-4-5-7-12(11)20-16)15-13(19-10)8-9-18(2,3)17(15)21/h4-7,20H,8-9H2,1-3H3. The van der Waals surface area contributed by atoms with Crippen LogP contribution in [-0.4, -0.2) is 15.8 Å². The lowest BCUT2D eigenvalue weighted by Gasteiger charge is -2.29. The lowest BCUT2D eigenvalue weighted by atomic mass is 9.73. The number of para-hydroxylation sites is 1. The molecule has 0 atom stereocenters. The van der Waals surface area contributed by atoms with Crippen molar-refractivity contribution in [2.24, 2.45) is 5.41 Å². The van der Waals surface area contributed by atoms with Crippen molar-refractivity contribution in [3.63, 3.8) is 0 Å². The summed E-state index contributed by atoms with van der Waals surface area (Å²) in [5.74, 6) is 0.228. The van der Waals surface area contributed by atoms with E-state index in [0.717, 1.165) is 51.6 Å². The highest BCUT2D eigenvalue weighted by Crippen LogP contribution is 2.40. The summed E-state index contributed by atoms with van der Waals surface area (Å²) in [4.78, 5) is 21.1. The molecule has 3 nitrogen and oxygen atoms in total. The number of rotatable bonds is 0. The molecule has 0 spiro atoms. The summed E-state index contributed by atoms with van der Waals surface area (Å²) in [5, 5.41) is 2.19. The topological polar surface area (TPSA) is 45.8 Å². The van der Waals surface area contributed by atoms with Crippen LogP contribution in [0.5, 0.6) is 0 Å². The van der Waals surface area contributed by atoms with Crippen LogP contribution in [0.15, 0.2) is 24.3 Å². The number of carbonyl (C=O) groups excluding carboxylic acids is 1. The lowest BCUT2D eigenvalue weighted by Crippen LogP contribution is -2.31. The highest BCUT2D eigenvalue weighted by molar-refractivity contribution is 6.20. The molecule has 21 heavy (non-hydrogen) atoms. The number of Topliss-reactive ketones (excluding diaryl/α,β-unsaturated/α-hetero) is 1. The Kier molecular flexibility index (Phi) is 2.36. The Bertz CT molecular complexity index is 902. The van der Waals surface area contributed by atoms with Gasteiger partial charge in [0.1, 0.15) is 0 Å². The van der Waals surface area contributed by atoms with Crippen LogP contribution < -0.4 is 0 Å². The van der Waals surface area contributed by atoms with Crippen LogP contribution in [0.1, 0.15) is 42.0 Å². The van der Waals surface area contributed by atoms with Crippen LogP contribution in [0.2, 0.25) is 0 Å². The number of pyridine rings is 1.